The molecule has 0 radical (unpaired) electrons. The Morgan fingerprint density at radius 2 is 1.87 bits per heavy atom. The zero-order valence-corrected chi connectivity index (χ0v) is 18.8. The Bertz CT molecular complexity index is 725. The summed E-state index contributed by atoms with van der Waals surface area (Å²) in [7, 11) is 0. The minimum Gasteiger partial charge on any atom is -0.444 e. The van der Waals surface area contributed by atoms with Gasteiger partial charge in [-0.3, -0.25) is 9.88 Å². The second kappa shape index (κ2) is 9.23. The summed E-state index contributed by atoms with van der Waals surface area (Å²) < 4.78 is 12.0. The monoisotopic (exact) mass is 415 g/mol. The van der Waals surface area contributed by atoms with Crippen LogP contribution in [0.25, 0.3) is 0 Å². The highest BCUT2D eigenvalue weighted by Gasteiger charge is 2.33. The van der Waals surface area contributed by atoms with E-state index in [0.29, 0.717) is 12.1 Å². The summed E-state index contributed by atoms with van der Waals surface area (Å²) in [5, 5.41) is 0. The van der Waals surface area contributed by atoms with E-state index < -0.39 is 5.60 Å². The van der Waals surface area contributed by atoms with Gasteiger partial charge in [0.15, 0.2) is 0 Å². The number of piperidine rings is 2. The van der Waals surface area contributed by atoms with Crippen LogP contribution in [0.3, 0.4) is 0 Å². The molecule has 0 bridgehead atoms. The van der Waals surface area contributed by atoms with Crippen LogP contribution in [0.5, 0.6) is 0 Å². The van der Waals surface area contributed by atoms with Crippen LogP contribution in [-0.4, -0.2) is 64.9 Å². The molecule has 3 aliphatic rings. The van der Waals surface area contributed by atoms with Crippen LogP contribution in [0.15, 0.2) is 18.5 Å². The van der Waals surface area contributed by atoms with Crippen LogP contribution in [-0.2, 0) is 15.9 Å². The molecule has 0 spiro atoms. The predicted octanol–water partition coefficient (Wildman–Crippen LogP) is 4.34. The average Bonchev–Trinajstić information content (AvgIpc) is 2.73. The van der Waals surface area contributed by atoms with E-state index in [4.69, 9.17) is 9.47 Å². The molecule has 6 heteroatoms. The van der Waals surface area contributed by atoms with Gasteiger partial charge in [-0.05, 0) is 89.5 Å². The van der Waals surface area contributed by atoms with Crippen LogP contribution in [0.4, 0.5) is 4.79 Å². The fraction of sp³-hybridized carbons (Fsp3) is 0.750. The van der Waals surface area contributed by atoms with Crippen LogP contribution >= 0.6 is 0 Å². The number of likely N-dealkylation sites (tertiary alicyclic amines) is 2. The maximum atomic E-state index is 12.3. The fourth-order valence-electron chi connectivity index (χ4n) is 5.13. The highest BCUT2D eigenvalue weighted by molar-refractivity contribution is 5.68. The van der Waals surface area contributed by atoms with Crippen molar-refractivity contribution in [3.63, 3.8) is 0 Å². The van der Waals surface area contributed by atoms with Crippen LogP contribution in [0, 0.1) is 0 Å². The number of amides is 1. The molecule has 3 heterocycles. The molecule has 30 heavy (non-hydrogen) atoms. The number of ether oxygens (including phenoxy) is 2. The molecule has 0 saturated carbocycles. The van der Waals surface area contributed by atoms with Crippen molar-refractivity contribution < 1.29 is 14.3 Å². The number of hydrogen-bond donors (Lipinski definition) is 0. The highest BCUT2D eigenvalue weighted by atomic mass is 16.6. The van der Waals surface area contributed by atoms with Gasteiger partial charge in [-0.2, -0.15) is 0 Å². The van der Waals surface area contributed by atoms with Crippen molar-refractivity contribution in [1.29, 1.82) is 0 Å². The smallest absolute Gasteiger partial charge is 0.410 e. The molecule has 2 saturated heterocycles. The van der Waals surface area contributed by atoms with Gasteiger partial charge in [0.05, 0.1) is 12.2 Å². The van der Waals surface area contributed by atoms with Gasteiger partial charge >= 0.3 is 6.09 Å². The van der Waals surface area contributed by atoms with Crippen LogP contribution in [0.2, 0.25) is 0 Å². The van der Waals surface area contributed by atoms with Crippen LogP contribution in [0.1, 0.15) is 76.5 Å². The molecule has 1 amide bonds. The molecule has 2 fully saturated rings. The summed E-state index contributed by atoms with van der Waals surface area (Å²) in [6.45, 7) is 9.35. The number of hydrogen-bond acceptors (Lipinski definition) is 5. The Labute approximate surface area is 180 Å². The molecule has 1 aliphatic carbocycles. The first-order valence-electron chi connectivity index (χ1n) is 11.7. The SMILES string of the molecule is CC(C)(C)OC(=O)N1CCC(OC2CCCN(C3CCCc4cnccc43)C2)CC1. The largest absolute Gasteiger partial charge is 0.444 e. The number of fused-ring (bicyclic) bond motifs is 1. The third-order valence-electron chi connectivity index (χ3n) is 6.55. The summed E-state index contributed by atoms with van der Waals surface area (Å²) in [6, 6.07) is 2.73. The van der Waals surface area contributed by atoms with Crippen molar-refractivity contribution in [2.24, 2.45) is 0 Å². The van der Waals surface area contributed by atoms with Gasteiger partial charge in [0.1, 0.15) is 5.60 Å². The standard InChI is InChI=1S/C24H37N3O3/c1-24(2,3)30-23(28)26-14-10-19(11-15-26)29-20-7-5-13-27(17-20)22-8-4-6-18-16-25-12-9-21(18)22/h9,12,16,19-20,22H,4-8,10-11,13-15,17H2,1-3H3. The molecular formula is C24H37N3O3. The van der Waals surface area contributed by atoms with Crippen molar-refractivity contribution in [2.75, 3.05) is 26.2 Å². The van der Waals surface area contributed by atoms with Gasteiger partial charge in [0.25, 0.3) is 0 Å². The number of nitrogens with zero attached hydrogens (tertiary/aromatic N) is 3. The number of carbonyl (C=O) groups is 1. The minimum absolute atomic E-state index is 0.199. The molecule has 6 nitrogen and oxygen atoms in total. The van der Waals surface area contributed by atoms with Crippen molar-refractivity contribution >= 4 is 6.09 Å². The van der Waals surface area contributed by atoms with Gasteiger partial charge < -0.3 is 14.4 Å². The number of aromatic nitrogens is 1. The van der Waals surface area contributed by atoms with Gasteiger partial charge in [-0.1, -0.05) is 0 Å². The van der Waals surface area contributed by atoms with Gasteiger partial charge in [-0.15, -0.1) is 0 Å². The molecular weight excluding hydrogens is 378 g/mol. The second-order valence-corrected chi connectivity index (χ2v) is 10.0. The van der Waals surface area contributed by atoms with Gasteiger partial charge in [0, 0.05) is 38.1 Å². The molecule has 1 aromatic rings. The summed E-state index contributed by atoms with van der Waals surface area (Å²) >= 11 is 0. The Balaban J connectivity index is 1.28. The zero-order valence-electron chi connectivity index (χ0n) is 18.8. The van der Waals surface area contributed by atoms with Gasteiger partial charge in [0.2, 0.25) is 0 Å². The van der Waals surface area contributed by atoms with Crippen molar-refractivity contribution in [1.82, 2.24) is 14.8 Å². The highest BCUT2D eigenvalue weighted by Crippen LogP contribution is 2.36. The Kier molecular flexibility index (Phi) is 6.63. The van der Waals surface area contributed by atoms with Crippen LogP contribution < -0.4 is 0 Å². The zero-order chi connectivity index (χ0) is 21.1. The maximum absolute atomic E-state index is 12.3. The Hall–Kier alpha value is -1.66. The third kappa shape index (κ3) is 5.33. The quantitative estimate of drug-likeness (QED) is 0.735. The first-order valence-corrected chi connectivity index (χ1v) is 11.7. The lowest BCUT2D eigenvalue weighted by Gasteiger charge is -2.42. The molecule has 0 N–H and O–H groups in total. The first-order chi connectivity index (χ1) is 14.4. The fourth-order valence-corrected chi connectivity index (χ4v) is 5.13. The summed E-state index contributed by atoms with van der Waals surface area (Å²) in [5.41, 5.74) is 2.46. The summed E-state index contributed by atoms with van der Waals surface area (Å²) in [4.78, 5) is 21.1. The molecule has 0 aromatic carbocycles. The van der Waals surface area contributed by atoms with E-state index in [-0.39, 0.29) is 12.2 Å². The Morgan fingerprint density at radius 3 is 2.63 bits per heavy atom. The lowest BCUT2D eigenvalue weighted by atomic mass is 9.87. The van der Waals surface area contributed by atoms with E-state index in [0.717, 1.165) is 51.9 Å². The molecule has 2 unspecified atom stereocenters. The van der Waals surface area contributed by atoms with Crippen molar-refractivity contribution in [2.45, 2.75) is 89.6 Å². The summed E-state index contributed by atoms with van der Waals surface area (Å²) in [6.07, 6.45) is 12.1. The van der Waals surface area contributed by atoms with E-state index in [1.807, 2.05) is 31.9 Å². The minimum atomic E-state index is -0.441. The molecule has 2 atom stereocenters. The van der Waals surface area contributed by atoms with E-state index in [1.54, 1.807) is 0 Å². The number of pyridine rings is 1. The molecule has 166 valence electrons. The number of carbonyl (C=O) groups excluding carboxylic acids is 1. The predicted molar refractivity (Wildman–Crippen MR) is 116 cm³/mol. The second-order valence-electron chi connectivity index (χ2n) is 10.0. The number of rotatable bonds is 3. The van der Waals surface area contributed by atoms with Crippen molar-refractivity contribution in [3.8, 4) is 0 Å². The van der Waals surface area contributed by atoms with E-state index >= 15 is 0 Å². The molecule has 2 aliphatic heterocycles. The van der Waals surface area contributed by atoms with E-state index in [9.17, 15) is 4.79 Å². The van der Waals surface area contributed by atoms with E-state index in [2.05, 4.69) is 22.1 Å². The Morgan fingerprint density at radius 1 is 1.07 bits per heavy atom. The average molecular weight is 416 g/mol. The van der Waals surface area contributed by atoms with Gasteiger partial charge in [-0.25, -0.2) is 4.79 Å². The topological polar surface area (TPSA) is 54.9 Å². The number of aryl methyl sites for hydroxylation is 1. The lowest BCUT2D eigenvalue weighted by molar-refractivity contribution is -0.0768. The molecule has 4 rings (SSSR count). The molecule has 1 aromatic heterocycles. The third-order valence-corrected chi connectivity index (χ3v) is 6.55. The normalized spacial score (nSPS) is 26.3. The first kappa shape index (κ1) is 21.6. The maximum Gasteiger partial charge on any atom is 0.410 e. The lowest BCUT2D eigenvalue weighted by Crippen LogP contribution is -2.47. The van der Waals surface area contributed by atoms with Crippen molar-refractivity contribution in [3.05, 3.63) is 29.6 Å². The van der Waals surface area contributed by atoms with E-state index in [1.165, 1.54) is 30.4 Å². The summed E-state index contributed by atoms with van der Waals surface area (Å²) in [5.74, 6) is 0.